The Labute approximate surface area is 232 Å². The number of aliphatic imine (C=N–C) groups is 1. The Balaban J connectivity index is 1.31. The van der Waals surface area contributed by atoms with Crippen LogP contribution in [-0.4, -0.2) is 97.2 Å². The van der Waals surface area contributed by atoms with Gasteiger partial charge in [-0.15, -0.1) is 0 Å². The smallest absolute Gasteiger partial charge is 0.345 e. The SMILES string of the molecule is CC(C)NC(=O)C1CCC(N2C(=NC(=O)N3CCOCC3)Cc3cnc(OCCN4CCCCC4)cc32)CC1. The Morgan fingerprint density at radius 2 is 1.85 bits per heavy atom. The van der Waals surface area contributed by atoms with Crippen molar-refractivity contribution in [2.24, 2.45) is 10.9 Å². The van der Waals surface area contributed by atoms with Crippen LogP contribution in [0.4, 0.5) is 10.5 Å². The number of hydrogen-bond donors (Lipinski definition) is 1. The summed E-state index contributed by atoms with van der Waals surface area (Å²) in [5, 5.41) is 3.07. The number of fused-ring (bicyclic) bond motifs is 1. The second-order valence-corrected chi connectivity index (χ2v) is 11.5. The molecule has 0 bridgehead atoms. The van der Waals surface area contributed by atoms with E-state index in [4.69, 9.17) is 9.47 Å². The molecule has 3 fully saturated rings. The van der Waals surface area contributed by atoms with Crippen LogP contribution in [0.3, 0.4) is 0 Å². The molecule has 3 aliphatic heterocycles. The molecule has 0 spiro atoms. The minimum atomic E-state index is -0.206. The predicted octanol–water partition coefficient (Wildman–Crippen LogP) is 3.24. The molecule has 2 saturated heterocycles. The van der Waals surface area contributed by atoms with Gasteiger partial charge in [-0.25, -0.2) is 9.78 Å². The largest absolute Gasteiger partial charge is 0.476 e. The maximum Gasteiger partial charge on any atom is 0.345 e. The summed E-state index contributed by atoms with van der Waals surface area (Å²) in [5.74, 6) is 1.56. The van der Waals surface area contributed by atoms with Gasteiger partial charge in [-0.2, -0.15) is 4.99 Å². The van der Waals surface area contributed by atoms with Crippen molar-refractivity contribution < 1.29 is 19.1 Å². The van der Waals surface area contributed by atoms with Gasteiger partial charge in [0.2, 0.25) is 11.8 Å². The molecule has 1 N–H and O–H groups in total. The maximum atomic E-state index is 13.1. The number of hydrogen-bond acceptors (Lipinski definition) is 6. The first-order valence-corrected chi connectivity index (χ1v) is 14.9. The van der Waals surface area contributed by atoms with Gasteiger partial charge in [0.1, 0.15) is 12.4 Å². The number of carbonyl (C=O) groups excluding carboxylic acids is 2. The van der Waals surface area contributed by atoms with Gasteiger partial charge in [0, 0.05) is 61.9 Å². The lowest BCUT2D eigenvalue weighted by atomic mass is 9.84. The molecule has 39 heavy (non-hydrogen) atoms. The van der Waals surface area contributed by atoms with Crippen molar-refractivity contribution >= 4 is 23.5 Å². The Morgan fingerprint density at radius 1 is 1.10 bits per heavy atom. The number of pyridine rings is 1. The fourth-order valence-electron chi connectivity index (χ4n) is 6.19. The third-order valence-corrected chi connectivity index (χ3v) is 8.30. The van der Waals surface area contributed by atoms with Gasteiger partial charge < -0.3 is 24.6 Å². The number of nitrogens with one attached hydrogen (secondary N) is 1. The zero-order chi connectivity index (χ0) is 27.2. The molecule has 3 amide bonds. The van der Waals surface area contributed by atoms with Gasteiger partial charge in [-0.1, -0.05) is 6.42 Å². The molecule has 4 aliphatic rings. The van der Waals surface area contributed by atoms with Crippen LogP contribution in [0.25, 0.3) is 0 Å². The number of carbonyl (C=O) groups is 2. The van der Waals surface area contributed by atoms with Crippen molar-refractivity contribution in [3.05, 3.63) is 17.8 Å². The summed E-state index contributed by atoms with van der Waals surface area (Å²) >= 11 is 0. The quantitative estimate of drug-likeness (QED) is 0.567. The van der Waals surface area contributed by atoms with Gasteiger partial charge in [0.05, 0.1) is 18.9 Å². The number of anilines is 1. The fraction of sp³-hybridized carbons (Fsp3) is 0.724. The minimum absolute atomic E-state index is 0.0345. The van der Waals surface area contributed by atoms with Gasteiger partial charge in [-0.3, -0.25) is 9.69 Å². The summed E-state index contributed by atoms with van der Waals surface area (Å²) in [6.07, 6.45) is 9.68. The molecule has 5 rings (SSSR count). The Hall–Kier alpha value is -2.72. The highest BCUT2D eigenvalue weighted by molar-refractivity contribution is 6.09. The van der Waals surface area contributed by atoms with Crippen molar-refractivity contribution in [2.45, 2.75) is 77.3 Å². The first kappa shape index (κ1) is 27.8. The first-order chi connectivity index (χ1) is 19.0. The number of piperidine rings is 1. The van der Waals surface area contributed by atoms with E-state index in [-0.39, 0.29) is 29.9 Å². The lowest BCUT2D eigenvalue weighted by Crippen LogP contribution is -2.45. The standard InChI is InChI=1S/C29H44N6O4/c1-21(2)31-28(36)22-6-8-24(9-7-22)35-25-19-27(39-17-12-33-10-4-3-5-11-33)30-20-23(25)18-26(35)32-29(37)34-13-15-38-16-14-34/h19-22,24H,3-18H2,1-2H3,(H,31,36). The van der Waals surface area contributed by atoms with Crippen LogP contribution in [0.1, 0.15) is 64.4 Å². The molecule has 0 aromatic carbocycles. The minimum Gasteiger partial charge on any atom is -0.476 e. The lowest BCUT2D eigenvalue weighted by molar-refractivity contribution is -0.126. The Morgan fingerprint density at radius 3 is 2.56 bits per heavy atom. The molecule has 4 heterocycles. The summed E-state index contributed by atoms with van der Waals surface area (Å²) in [4.78, 5) is 41.4. The summed E-state index contributed by atoms with van der Waals surface area (Å²) in [5.41, 5.74) is 2.09. The highest BCUT2D eigenvalue weighted by Crippen LogP contribution is 2.38. The zero-order valence-corrected chi connectivity index (χ0v) is 23.6. The third-order valence-electron chi connectivity index (χ3n) is 8.30. The van der Waals surface area contributed by atoms with Gasteiger partial charge in [-0.05, 0) is 65.5 Å². The van der Waals surface area contributed by atoms with E-state index in [2.05, 4.69) is 25.1 Å². The molecular formula is C29H44N6O4. The normalized spacial score (nSPS) is 25.2. The fourth-order valence-corrected chi connectivity index (χ4v) is 6.19. The Kier molecular flexibility index (Phi) is 9.34. The zero-order valence-electron chi connectivity index (χ0n) is 23.6. The van der Waals surface area contributed by atoms with Gasteiger partial charge >= 0.3 is 6.03 Å². The molecule has 0 radical (unpaired) electrons. The highest BCUT2D eigenvalue weighted by Gasteiger charge is 2.37. The third kappa shape index (κ3) is 7.08. The van der Waals surface area contributed by atoms with Crippen molar-refractivity contribution in [1.29, 1.82) is 0 Å². The van der Waals surface area contributed by atoms with E-state index in [0.29, 0.717) is 45.2 Å². The molecule has 1 aromatic heterocycles. The van der Waals surface area contributed by atoms with E-state index in [0.717, 1.165) is 62.4 Å². The van der Waals surface area contributed by atoms with Crippen LogP contribution in [0.2, 0.25) is 0 Å². The number of nitrogens with zero attached hydrogens (tertiary/aromatic N) is 5. The lowest BCUT2D eigenvalue weighted by Gasteiger charge is -2.36. The van der Waals surface area contributed by atoms with E-state index in [1.807, 2.05) is 26.1 Å². The van der Waals surface area contributed by atoms with Crippen LogP contribution < -0.4 is 15.0 Å². The summed E-state index contributed by atoms with van der Waals surface area (Å²) in [6, 6.07) is 2.13. The highest BCUT2D eigenvalue weighted by atomic mass is 16.5. The maximum absolute atomic E-state index is 13.1. The van der Waals surface area contributed by atoms with Crippen molar-refractivity contribution in [3.63, 3.8) is 0 Å². The van der Waals surface area contributed by atoms with Gasteiger partial charge in [0.25, 0.3) is 0 Å². The van der Waals surface area contributed by atoms with Crippen LogP contribution in [0, 0.1) is 5.92 Å². The molecule has 0 unspecified atom stereocenters. The summed E-state index contributed by atoms with van der Waals surface area (Å²) in [7, 11) is 0. The van der Waals surface area contributed by atoms with Crippen molar-refractivity contribution in [2.75, 3.05) is 57.4 Å². The topological polar surface area (TPSA) is 99.6 Å². The van der Waals surface area contributed by atoms with E-state index in [1.54, 1.807) is 4.90 Å². The number of rotatable bonds is 7. The molecule has 214 valence electrons. The summed E-state index contributed by atoms with van der Waals surface area (Å²) < 4.78 is 11.5. The monoisotopic (exact) mass is 540 g/mol. The number of ether oxygens (including phenoxy) is 2. The average Bonchev–Trinajstić information content (AvgIpc) is 3.30. The van der Waals surface area contributed by atoms with E-state index in [1.165, 1.54) is 19.3 Å². The molecule has 10 nitrogen and oxygen atoms in total. The number of amidine groups is 1. The molecule has 0 atom stereocenters. The molecular weight excluding hydrogens is 496 g/mol. The number of likely N-dealkylation sites (tertiary alicyclic amines) is 1. The second-order valence-electron chi connectivity index (χ2n) is 11.5. The van der Waals surface area contributed by atoms with Crippen LogP contribution in [0.15, 0.2) is 17.3 Å². The van der Waals surface area contributed by atoms with E-state index >= 15 is 0 Å². The number of aromatic nitrogens is 1. The van der Waals surface area contributed by atoms with Crippen LogP contribution >= 0.6 is 0 Å². The average molecular weight is 541 g/mol. The van der Waals surface area contributed by atoms with Crippen LogP contribution in [0.5, 0.6) is 5.88 Å². The first-order valence-electron chi connectivity index (χ1n) is 14.9. The summed E-state index contributed by atoms with van der Waals surface area (Å²) in [6.45, 7) is 10.0. The number of morpholine rings is 1. The van der Waals surface area contributed by atoms with Crippen LogP contribution in [-0.2, 0) is 16.0 Å². The van der Waals surface area contributed by atoms with Gasteiger partial charge in [0.15, 0.2) is 0 Å². The Bertz CT molecular complexity index is 1030. The molecule has 10 heteroatoms. The van der Waals surface area contributed by atoms with E-state index in [9.17, 15) is 9.59 Å². The van der Waals surface area contributed by atoms with Crippen molar-refractivity contribution in [3.8, 4) is 5.88 Å². The molecule has 1 aromatic rings. The number of urea groups is 1. The predicted molar refractivity (Wildman–Crippen MR) is 150 cm³/mol. The molecule has 1 aliphatic carbocycles. The number of amides is 3. The second kappa shape index (κ2) is 13.1. The molecule has 1 saturated carbocycles. The van der Waals surface area contributed by atoms with E-state index < -0.39 is 0 Å². The van der Waals surface area contributed by atoms with Crippen molar-refractivity contribution in [1.82, 2.24) is 20.1 Å².